The molecule has 2 aromatic rings. The second kappa shape index (κ2) is 6.64. The number of hydrogen-bond acceptors (Lipinski definition) is 3. The Morgan fingerprint density at radius 3 is 2.23 bits per heavy atom. The lowest BCUT2D eigenvalue weighted by Crippen LogP contribution is -2.40. The Morgan fingerprint density at radius 2 is 1.69 bits per heavy atom. The van der Waals surface area contributed by atoms with Crippen molar-refractivity contribution in [3.05, 3.63) is 70.8 Å². The van der Waals surface area contributed by atoms with E-state index in [1.54, 1.807) is 31.2 Å². The Kier molecular flexibility index (Phi) is 4.52. The molecule has 2 aromatic carbocycles. The lowest BCUT2D eigenvalue weighted by atomic mass is 9.91. The van der Waals surface area contributed by atoms with Gasteiger partial charge in [0.15, 0.2) is 0 Å². The number of amides is 3. The molecule has 0 aliphatic carbocycles. The molecule has 1 N–H and O–H groups in total. The molecule has 3 amide bonds. The maximum absolute atomic E-state index is 12.9. The molecule has 3 rings (SSSR count). The number of benzene rings is 2. The second-order valence-electron chi connectivity index (χ2n) is 7.03. The smallest absolute Gasteiger partial charge is 0.319 e. The van der Waals surface area contributed by atoms with Crippen LogP contribution >= 0.6 is 0 Å². The molecule has 0 spiro atoms. The van der Waals surface area contributed by atoms with Crippen LogP contribution in [0.3, 0.4) is 0 Å². The number of nitrogens with one attached hydrogen (secondary N) is 1. The van der Waals surface area contributed by atoms with Gasteiger partial charge < -0.3 is 5.32 Å². The Bertz CT molecular complexity index is 879. The molecule has 0 bridgehead atoms. The predicted octanol–water partition coefficient (Wildman–Crippen LogP) is 3.65. The molecule has 1 aliphatic rings. The van der Waals surface area contributed by atoms with Crippen molar-refractivity contribution in [1.29, 1.82) is 5.26 Å². The third kappa shape index (κ3) is 3.06. The molecule has 0 saturated carbocycles. The zero-order valence-electron chi connectivity index (χ0n) is 15.1. The molecule has 1 heterocycles. The summed E-state index contributed by atoms with van der Waals surface area (Å²) in [5, 5.41) is 11.7. The van der Waals surface area contributed by atoms with Crippen LogP contribution in [0.25, 0.3) is 0 Å². The van der Waals surface area contributed by atoms with Crippen LogP contribution in [-0.4, -0.2) is 16.8 Å². The van der Waals surface area contributed by atoms with E-state index in [2.05, 4.69) is 19.2 Å². The Hall–Kier alpha value is -3.13. The SMILES string of the molecule is CC(C)c1ccc(CN2C(=O)NC(C)(c3ccc(C#N)cc3)C2=O)cc1. The number of nitriles is 1. The van der Waals surface area contributed by atoms with Gasteiger partial charge in [-0.05, 0) is 41.7 Å². The molecular weight excluding hydrogens is 326 g/mol. The number of rotatable bonds is 4. The van der Waals surface area contributed by atoms with Crippen LogP contribution in [0, 0.1) is 11.3 Å². The van der Waals surface area contributed by atoms with Crippen molar-refractivity contribution < 1.29 is 9.59 Å². The number of carbonyl (C=O) groups is 2. The monoisotopic (exact) mass is 347 g/mol. The summed E-state index contributed by atoms with van der Waals surface area (Å²) in [4.78, 5) is 26.6. The van der Waals surface area contributed by atoms with Crippen molar-refractivity contribution in [2.75, 3.05) is 0 Å². The van der Waals surface area contributed by atoms with E-state index in [0.717, 1.165) is 5.56 Å². The van der Waals surface area contributed by atoms with E-state index in [1.807, 2.05) is 30.3 Å². The van der Waals surface area contributed by atoms with Gasteiger partial charge in [0.1, 0.15) is 5.54 Å². The summed E-state index contributed by atoms with van der Waals surface area (Å²) < 4.78 is 0. The molecule has 0 radical (unpaired) electrons. The van der Waals surface area contributed by atoms with Crippen LogP contribution in [0.2, 0.25) is 0 Å². The molecule has 1 fully saturated rings. The van der Waals surface area contributed by atoms with Gasteiger partial charge in [0, 0.05) is 0 Å². The average Bonchev–Trinajstić information content (AvgIpc) is 2.86. The summed E-state index contributed by atoms with van der Waals surface area (Å²) in [7, 11) is 0. The van der Waals surface area contributed by atoms with Crippen molar-refractivity contribution in [2.24, 2.45) is 0 Å². The molecule has 5 nitrogen and oxygen atoms in total. The minimum absolute atomic E-state index is 0.231. The van der Waals surface area contributed by atoms with Gasteiger partial charge in [-0.25, -0.2) is 4.79 Å². The standard InChI is InChI=1S/C21H21N3O2/c1-14(2)17-8-4-16(5-9-17)13-24-19(25)21(3,23-20(24)26)18-10-6-15(12-22)7-11-18/h4-11,14H,13H2,1-3H3,(H,23,26). The molecular formula is C21H21N3O2. The highest BCUT2D eigenvalue weighted by atomic mass is 16.2. The number of nitrogens with zero attached hydrogens (tertiary/aromatic N) is 2. The Labute approximate surface area is 153 Å². The third-order valence-corrected chi connectivity index (χ3v) is 4.85. The maximum Gasteiger partial charge on any atom is 0.325 e. The summed E-state index contributed by atoms with van der Waals surface area (Å²) in [5.41, 5.74) is 2.17. The molecule has 26 heavy (non-hydrogen) atoms. The van der Waals surface area contributed by atoms with Crippen molar-refractivity contribution >= 4 is 11.9 Å². The number of imide groups is 1. The first-order chi connectivity index (χ1) is 12.3. The molecule has 1 unspecified atom stereocenters. The van der Waals surface area contributed by atoms with Gasteiger partial charge in [-0.3, -0.25) is 9.69 Å². The molecule has 1 saturated heterocycles. The van der Waals surface area contributed by atoms with E-state index in [4.69, 9.17) is 5.26 Å². The van der Waals surface area contributed by atoms with E-state index in [0.29, 0.717) is 17.0 Å². The van der Waals surface area contributed by atoms with E-state index in [1.165, 1.54) is 10.5 Å². The summed E-state index contributed by atoms with van der Waals surface area (Å²) in [6, 6.07) is 16.3. The lowest BCUT2D eigenvalue weighted by molar-refractivity contribution is -0.131. The summed E-state index contributed by atoms with van der Waals surface area (Å²) in [6.07, 6.45) is 0. The molecule has 0 aromatic heterocycles. The molecule has 5 heteroatoms. The molecule has 1 atom stereocenters. The van der Waals surface area contributed by atoms with Gasteiger partial charge in [-0.15, -0.1) is 0 Å². The van der Waals surface area contributed by atoms with Gasteiger partial charge in [0.05, 0.1) is 18.2 Å². The fourth-order valence-corrected chi connectivity index (χ4v) is 3.10. The molecule has 132 valence electrons. The van der Waals surface area contributed by atoms with Crippen molar-refractivity contribution in [3.63, 3.8) is 0 Å². The third-order valence-electron chi connectivity index (χ3n) is 4.85. The fraction of sp³-hybridized carbons (Fsp3) is 0.286. The first-order valence-electron chi connectivity index (χ1n) is 8.58. The highest BCUT2D eigenvalue weighted by Gasteiger charge is 2.48. The van der Waals surface area contributed by atoms with Gasteiger partial charge in [-0.1, -0.05) is 50.2 Å². The van der Waals surface area contributed by atoms with E-state index in [9.17, 15) is 9.59 Å². The van der Waals surface area contributed by atoms with Crippen LogP contribution in [-0.2, 0) is 16.9 Å². The zero-order valence-corrected chi connectivity index (χ0v) is 15.1. The summed E-state index contributed by atoms with van der Waals surface area (Å²) in [6.45, 7) is 6.16. The van der Waals surface area contributed by atoms with Crippen molar-refractivity contribution in [2.45, 2.75) is 38.8 Å². The van der Waals surface area contributed by atoms with E-state index < -0.39 is 11.6 Å². The zero-order chi connectivity index (χ0) is 18.9. The highest BCUT2D eigenvalue weighted by molar-refractivity contribution is 6.07. The van der Waals surface area contributed by atoms with Crippen molar-refractivity contribution in [1.82, 2.24) is 10.2 Å². The highest BCUT2D eigenvalue weighted by Crippen LogP contribution is 2.30. The van der Waals surface area contributed by atoms with Gasteiger partial charge >= 0.3 is 6.03 Å². The first kappa shape index (κ1) is 17.7. The van der Waals surface area contributed by atoms with Gasteiger partial charge in [-0.2, -0.15) is 5.26 Å². The lowest BCUT2D eigenvalue weighted by Gasteiger charge is -2.22. The van der Waals surface area contributed by atoms with Crippen LogP contribution in [0.1, 0.15) is 48.9 Å². The first-order valence-corrected chi connectivity index (χ1v) is 8.58. The second-order valence-corrected chi connectivity index (χ2v) is 7.03. The maximum atomic E-state index is 12.9. The van der Waals surface area contributed by atoms with Crippen LogP contribution in [0.5, 0.6) is 0 Å². The van der Waals surface area contributed by atoms with E-state index >= 15 is 0 Å². The fourth-order valence-electron chi connectivity index (χ4n) is 3.10. The average molecular weight is 347 g/mol. The van der Waals surface area contributed by atoms with Gasteiger partial charge in [0.25, 0.3) is 5.91 Å². The normalized spacial score (nSPS) is 19.6. The summed E-state index contributed by atoms with van der Waals surface area (Å²) >= 11 is 0. The Balaban J connectivity index is 1.82. The number of carbonyl (C=O) groups excluding carboxylic acids is 2. The molecule has 1 aliphatic heterocycles. The minimum Gasteiger partial charge on any atom is -0.319 e. The largest absolute Gasteiger partial charge is 0.325 e. The Morgan fingerprint density at radius 1 is 1.08 bits per heavy atom. The predicted molar refractivity (Wildman–Crippen MR) is 98.1 cm³/mol. The number of hydrogen-bond donors (Lipinski definition) is 1. The van der Waals surface area contributed by atoms with Crippen LogP contribution in [0.15, 0.2) is 48.5 Å². The van der Waals surface area contributed by atoms with Crippen LogP contribution in [0.4, 0.5) is 4.79 Å². The van der Waals surface area contributed by atoms with E-state index in [-0.39, 0.29) is 12.5 Å². The minimum atomic E-state index is -1.12. The van der Waals surface area contributed by atoms with Gasteiger partial charge in [0.2, 0.25) is 0 Å². The van der Waals surface area contributed by atoms with Crippen molar-refractivity contribution in [3.8, 4) is 6.07 Å². The summed E-state index contributed by atoms with van der Waals surface area (Å²) in [5.74, 6) is 0.139. The number of urea groups is 1. The topological polar surface area (TPSA) is 73.2 Å². The quantitative estimate of drug-likeness (QED) is 0.858. The van der Waals surface area contributed by atoms with Crippen LogP contribution < -0.4 is 5.32 Å².